The van der Waals surface area contributed by atoms with Crippen LogP contribution in [0.15, 0.2) is 53.6 Å². The fourth-order valence-corrected chi connectivity index (χ4v) is 2.22. The molecule has 7 nitrogen and oxygen atoms in total. The number of hydrogen-bond acceptors (Lipinski definition) is 4. The number of urea groups is 1. The lowest BCUT2D eigenvalue weighted by Crippen LogP contribution is -2.31. The van der Waals surface area contributed by atoms with Crippen LogP contribution in [0.1, 0.15) is 24.3 Å². The third-order valence-corrected chi connectivity index (χ3v) is 3.39. The van der Waals surface area contributed by atoms with Gasteiger partial charge in [0, 0.05) is 24.1 Å². The normalized spacial score (nSPS) is 11.9. The van der Waals surface area contributed by atoms with Crippen molar-refractivity contribution < 1.29 is 9.32 Å². The fraction of sp³-hybridized carbons (Fsp3) is 0.188. The van der Waals surface area contributed by atoms with Crippen molar-refractivity contribution >= 4 is 11.8 Å². The minimum Gasteiger partial charge on any atom is -0.360 e. The molecule has 0 aliphatic carbocycles. The van der Waals surface area contributed by atoms with Gasteiger partial charge < -0.3 is 14.4 Å². The van der Waals surface area contributed by atoms with E-state index >= 15 is 0 Å². The number of hydrogen-bond donors (Lipinski definition) is 2. The molecule has 2 N–H and O–H groups in total. The number of benzene rings is 1. The molecule has 0 radical (unpaired) electrons. The van der Waals surface area contributed by atoms with Gasteiger partial charge in [0.25, 0.3) is 0 Å². The molecule has 7 heteroatoms. The van der Waals surface area contributed by atoms with E-state index in [1.165, 1.54) is 0 Å². The number of nitrogens with zero attached hydrogens (tertiary/aromatic N) is 3. The Bertz CT molecular complexity index is 794. The van der Waals surface area contributed by atoms with Crippen LogP contribution in [-0.2, 0) is 0 Å². The molecule has 0 spiro atoms. The minimum absolute atomic E-state index is 0.161. The second-order valence-corrected chi connectivity index (χ2v) is 5.21. The number of aromatic nitrogens is 3. The van der Waals surface area contributed by atoms with E-state index in [-0.39, 0.29) is 12.1 Å². The van der Waals surface area contributed by atoms with Crippen molar-refractivity contribution in [1.82, 2.24) is 20.0 Å². The molecule has 0 bridgehead atoms. The van der Waals surface area contributed by atoms with Gasteiger partial charge in [0.15, 0.2) is 5.82 Å². The Balaban J connectivity index is 1.67. The van der Waals surface area contributed by atoms with Crippen LogP contribution in [0.2, 0.25) is 0 Å². The lowest BCUT2D eigenvalue weighted by molar-refractivity contribution is 0.249. The SMILES string of the molecule is Cc1cc(NC(=O)N[C@@H](C)c2cccc(-n3ccnc3)c2)no1. The number of amides is 2. The van der Waals surface area contributed by atoms with Gasteiger partial charge in [-0.1, -0.05) is 17.3 Å². The minimum atomic E-state index is -0.334. The van der Waals surface area contributed by atoms with Crippen molar-refractivity contribution in [2.24, 2.45) is 0 Å². The second-order valence-electron chi connectivity index (χ2n) is 5.21. The van der Waals surface area contributed by atoms with E-state index in [1.54, 1.807) is 25.5 Å². The summed E-state index contributed by atoms with van der Waals surface area (Å²) in [5.74, 6) is 1.03. The van der Waals surface area contributed by atoms with Gasteiger partial charge in [-0.25, -0.2) is 9.78 Å². The molecule has 1 aromatic carbocycles. The number of carbonyl (C=O) groups is 1. The van der Waals surface area contributed by atoms with Crippen LogP contribution in [0.25, 0.3) is 5.69 Å². The highest BCUT2D eigenvalue weighted by molar-refractivity contribution is 5.88. The zero-order valence-corrected chi connectivity index (χ0v) is 12.9. The predicted octanol–water partition coefficient (Wildman–Crippen LogP) is 3.05. The molecule has 2 aromatic heterocycles. The molecule has 0 saturated carbocycles. The summed E-state index contributed by atoms with van der Waals surface area (Å²) in [6.07, 6.45) is 5.33. The third kappa shape index (κ3) is 3.57. The zero-order chi connectivity index (χ0) is 16.2. The lowest BCUT2D eigenvalue weighted by Gasteiger charge is -2.15. The van der Waals surface area contributed by atoms with Crippen LogP contribution >= 0.6 is 0 Å². The molecule has 2 heterocycles. The van der Waals surface area contributed by atoms with E-state index in [0.717, 1.165) is 11.3 Å². The average molecular weight is 311 g/mol. The summed E-state index contributed by atoms with van der Waals surface area (Å²) in [4.78, 5) is 16.0. The van der Waals surface area contributed by atoms with Gasteiger partial charge in [0.05, 0.1) is 12.4 Å². The van der Waals surface area contributed by atoms with Crippen LogP contribution in [-0.4, -0.2) is 20.7 Å². The Labute approximate surface area is 133 Å². The first-order valence-corrected chi connectivity index (χ1v) is 7.21. The molecule has 23 heavy (non-hydrogen) atoms. The van der Waals surface area contributed by atoms with E-state index in [4.69, 9.17) is 4.52 Å². The van der Waals surface area contributed by atoms with Crippen LogP contribution in [0.3, 0.4) is 0 Å². The number of anilines is 1. The molecule has 0 fully saturated rings. The van der Waals surface area contributed by atoms with E-state index < -0.39 is 0 Å². The first-order valence-electron chi connectivity index (χ1n) is 7.21. The summed E-state index contributed by atoms with van der Waals surface area (Å²) < 4.78 is 6.82. The summed E-state index contributed by atoms with van der Waals surface area (Å²) in [6, 6.07) is 9.06. The third-order valence-electron chi connectivity index (χ3n) is 3.39. The second kappa shape index (κ2) is 6.35. The molecule has 0 aliphatic rings. The maximum Gasteiger partial charge on any atom is 0.320 e. The molecule has 2 amide bonds. The maximum absolute atomic E-state index is 12.0. The Kier molecular flexibility index (Phi) is 4.09. The Morgan fingerprint density at radius 3 is 2.91 bits per heavy atom. The molecule has 3 aromatic rings. The number of aryl methyl sites for hydroxylation is 1. The molecule has 0 saturated heterocycles. The van der Waals surface area contributed by atoms with Gasteiger partial charge in [-0.2, -0.15) is 0 Å². The largest absolute Gasteiger partial charge is 0.360 e. The smallest absolute Gasteiger partial charge is 0.320 e. The predicted molar refractivity (Wildman–Crippen MR) is 85.4 cm³/mol. The Morgan fingerprint density at radius 2 is 2.22 bits per heavy atom. The van der Waals surface area contributed by atoms with Gasteiger partial charge in [-0.3, -0.25) is 5.32 Å². The monoisotopic (exact) mass is 311 g/mol. The number of imidazole rings is 1. The first kappa shape index (κ1) is 14.8. The van der Waals surface area contributed by atoms with Gasteiger partial charge in [-0.05, 0) is 31.5 Å². The highest BCUT2D eigenvalue weighted by atomic mass is 16.5. The van der Waals surface area contributed by atoms with E-state index in [1.807, 2.05) is 42.0 Å². The molecule has 0 unspecified atom stereocenters. The van der Waals surface area contributed by atoms with Crippen molar-refractivity contribution in [2.45, 2.75) is 19.9 Å². The summed E-state index contributed by atoms with van der Waals surface area (Å²) in [5, 5.41) is 9.23. The van der Waals surface area contributed by atoms with Crippen molar-refractivity contribution in [1.29, 1.82) is 0 Å². The van der Waals surface area contributed by atoms with Gasteiger partial charge >= 0.3 is 6.03 Å². The topological polar surface area (TPSA) is 85.0 Å². The van der Waals surface area contributed by atoms with Gasteiger partial charge in [0.2, 0.25) is 0 Å². The summed E-state index contributed by atoms with van der Waals surface area (Å²) >= 11 is 0. The summed E-state index contributed by atoms with van der Waals surface area (Å²) in [5.41, 5.74) is 1.98. The molecule has 1 atom stereocenters. The Hall–Kier alpha value is -3.09. The van der Waals surface area contributed by atoms with Crippen molar-refractivity contribution in [3.05, 3.63) is 60.4 Å². The van der Waals surface area contributed by atoms with Crippen molar-refractivity contribution in [3.63, 3.8) is 0 Å². The number of rotatable bonds is 4. The zero-order valence-electron chi connectivity index (χ0n) is 12.9. The fourth-order valence-electron chi connectivity index (χ4n) is 2.22. The highest BCUT2D eigenvalue weighted by Crippen LogP contribution is 2.17. The maximum atomic E-state index is 12.0. The van der Waals surface area contributed by atoms with Crippen LogP contribution in [0.4, 0.5) is 10.6 Å². The molecule has 118 valence electrons. The van der Waals surface area contributed by atoms with E-state index in [0.29, 0.717) is 11.6 Å². The quantitative estimate of drug-likeness (QED) is 0.775. The standard InChI is InChI=1S/C16H17N5O2/c1-11-8-15(20-23-11)19-16(22)18-12(2)13-4-3-5-14(9-13)21-7-6-17-10-21/h3-10,12H,1-2H3,(H2,18,19,20,22)/t12-/m0/s1. The summed E-state index contributed by atoms with van der Waals surface area (Å²) in [6.45, 7) is 3.68. The Morgan fingerprint density at radius 1 is 1.35 bits per heavy atom. The summed E-state index contributed by atoms with van der Waals surface area (Å²) in [7, 11) is 0. The molecule has 0 aliphatic heterocycles. The van der Waals surface area contributed by atoms with E-state index in [9.17, 15) is 4.79 Å². The lowest BCUT2D eigenvalue weighted by atomic mass is 10.1. The van der Waals surface area contributed by atoms with Gasteiger partial charge in [-0.15, -0.1) is 0 Å². The van der Waals surface area contributed by atoms with E-state index in [2.05, 4.69) is 20.8 Å². The highest BCUT2D eigenvalue weighted by Gasteiger charge is 2.12. The molecular weight excluding hydrogens is 294 g/mol. The molecular formula is C16H17N5O2. The first-order chi connectivity index (χ1) is 11.1. The van der Waals surface area contributed by atoms with Crippen molar-refractivity contribution in [2.75, 3.05) is 5.32 Å². The van der Waals surface area contributed by atoms with Crippen LogP contribution in [0, 0.1) is 6.92 Å². The van der Waals surface area contributed by atoms with Crippen LogP contribution < -0.4 is 10.6 Å². The van der Waals surface area contributed by atoms with Crippen molar-refractivity contribution in [3.8, 4) is 5.69 Å². The van der Waals surface area contributed by atoms with Gasteiger partial charge in [0.1, 0.15) is 5.76 Å². The molecule has 3 rings (SSSR count). The average Bonchev–Trinajstić information content (AvgIpc) is 3.19. The van der Waals surface area contributed by atoms with Crippen LogP contribution in [0.5, 0.6) is 0 Å². The number of nitrogens with one attached hydrogen (secondary N) is 2. The number of carbonyl (C=O) groups excluding carboxylic acids is 1.